The maximum absolute atomic E-state index is 13.8. The number of carbonyl (C=O) groups excluding carboxylic acids is 1. The lowest BCUT2D eigenvalue weighted by molar-refractivity contribution is -0.118. The van der Waals surface area contributed by atoms with Crippen LogP contribution in [0.4, 0.5) is 5.69 Å². The number of aryl methyl sites for hydroxylation is 1. The molecule has 1 unspecified atom stereocenters. The molecule has 0 saturated carbocycles. The number of para-hydroxylation sites is 1. The predicted molar refractivity (Wildman–Crippen MR) is 142 cm³/mol. The summed E-state index contributed by atoms with van der Waals surface area (Å²) in [5, 5.41) is 21.0. The number of anilines is 1. The van der Waals surface area contributed by atoms with E-state index in [4.69, 9.17) is 0 Å². The molecule has 35 heavy (non-hydrogen) atoms. The van der Waals surface area contributed by atoms with E-state index in [1.54, 1.807) is 0 Å². The highest BCUT2D eigenvalue weighted by atomic mass is 16.3. The van der Waals surface area contributed by atoms with Gasteiger partial charge in [-0.1, -0.05) is 92.2 Å². The molecule has 1 heterocycles. The number of hydrogen-bond donors (Lipinski definition) is 2. The van der Waals surface area contributed by atoms with E-state index in [0.717, 1.165) is 22.5 Å². The van der Waals surface area contributed by atoms with Crippen LogP contribution in [0.2, 0.25) is 0 Å². The summed E-state index contributed by atoms with van der Waals surface area (Å²) in [5.74, 6) is -0.200. The molecule has 2 N–H and O–H groups in total. The van der Waals surface area contributed by atoms with Gasteiger partial charge in [-0.2, -0.15) is 0 Å². The largest absolute Gasteiger partial charge is 0.507 e. The van der Waals surface area contributed by atoms with Crippen molar-refractivity contribution in [2.24, 2.45) is 5.41 Å². The Bertz CT molecular complexity index is 1350. The zero-order valence-electron chi connectivity index (χ0n) is 20.4. The minimum Gasteiger partial charge on any atom is -0.507 e. The lowest BCUT2D eigenvalue weighted by Gasteiger charge is -2.45. The Morgan fingerprint density at radius 1 is 0.914 bits per heavy atom. The van der Waals surface area contributed by atoms with Gasteiger partial charge in [-0.3, -0.25) is 15.1 Å². The molecule has 2 aliphatic rings. The molecule has 3 aromatic rings. The highest BCUT2D eigenvalue weighted by molar-refractivity contribution is 6.19. The van der Waals surface area contributed by atoms with Crippen LogP contribution in [0.3, 0.4) is 0 Å². The van der Waals surface area contributed by atoms with E-state index in [0.29, 0.717) is 29.6 Å². The monoisotopic (exact) mass is 462 g/mol. The third kappa shape index (κ3) is 4.10. The summed E-state index contributed by atoms with van der Waals surface area (Å²) in [5.41, 5.74) is 5.25. The Morgan fingerprint density at radius 3 is 2.14 bits per heavy atom. The molecule has 1 atom stereocenters. The van der Waals surface area contributed by atoms with Gasteiger partial charge in [-0.25, -0.2) is 0 Å². The van der Waals surface area contributed by atoms with Gasteiger partial charge in [0.1, 0.15) is 11.6 Å². The molecule has 4 heteroatoms. The maximum Gasteiger partial charge on any atom is 0.162 e. The number of allylic oxidation sites excluding steroid dienone is 2. The van der Waals surface area contributed by atoms with Gasteiger partial charge < -0.3 is 5.11 Å². The van der Waals surface area contributed by atoms with Gasteiger partial charge in [-0.05, 0) is 36.5 Å². The van der Waals surface area contributed by atoms with Crippen LogP contribution >= 0.6 is 0 Å². The molecule has 4 nitrogen and oxygen atoms in total. The molecule has 5 rings (SSSR count). The lowest BCUT2D eigenvalue weighted by atomic mass is 9.67. The van der Waals surface area contributed by atoms with Crippen molar-refractivity contribution in [3.8, 4) is 0 Å². The van der Waals surface area contributed by atoms with Crippen LogP contribution in [0, 0.1) is 17.7 Å². The fourth-order valence-corrected chi connectivity index (χ4v) is 5.32. The molecule has 0 amide bonds. The van der Waals surface area contributed by atoms with Gasteiger partial charge in [0, 0.05) is 40.4 Å². The molecule has 0 aromatic heterocycles. The van der Waals surface area contributed by atoms with Crippen LogP contribution in [0.1, 0.15) is 49.3 Å². The number of amidine groups is 1. The topological polar surface area (TPSA) is 64.4 Å². The minimum absolute atomic E-state index is 0.0336. The summed E-state index contributed by atoms with van der Waals surface area (Å²) in [6, 6.07) is 27.1. The third-order valence-electron chi connectivity index (χ3n) is 6.95. The number of aliphatic hydroxyl groups is 1. The molecule has 0 radical (unpaired) electrons. The van der Waals surface area contributed by atoms with Crippen molar-refractivity contribution < 1.29 is 9.90 Å². The molecule has 0 bridgehead atoms. The highest BCUT2D eigenvalue weighted by Gasteiger charge is 2.46. The average molecular weight is 463 g/mol. The number of carbonyl (C=O) groups is 1. The van der Waals surface area contributed by atoms with Gasteiger partial charge in [0.2, 0.25) is 0 Å². The minimum atomic E-state index is -0.512. The molecular formula is C31H30N2O2. The molecule has 1 aliphatic carbocycles. The van der Waals surface area contributed by atoms with Gasteiger partial charge in [0.05, 0.1) is 0 Å². The van der Waals surface area contributed by atoms with E-state index >= 15 is 0 Å². The third-order valence-corrected chi connectivity index (χ3v) is 6.95. The fourth-order valence-electron chi connectivity index (χ4n) is 5.32. The summed E-state index contributed by atoms with van der Waals surface area (Å²) in [6.45, 7) is 6.24. The quantitative estimate of drug-likeness (QED) is 0.405. The highest BCUT2D eigenvalue weighted by Crippen LogP contribution is 2.51. The zero-order chi connectivity index (χ0) is 24.7. The maximum atomic E-state index is 13.8. The van der Waals surface area contributed by atoms with Gasteiger partial charge in [0.25, 0.3) is 0 Å². The average Bonchev–Trinajstić information content (AvgIpc) is 2.84. The molecular weight excluding hydrogens is 432 g/mol. The molecule has 0 fully saturated rings. The van der Waals surface area contributed by atoms with Crippen molar-refractivity contribution in [2.45, 2.75) is 39.5 Å². The van der Waals surface area contributed by atoms with Crippen LogP contribution in [0.5, 0.6) is 0 Å². The summed E-state index contributed by atoms with van der Waals surface area (Å²) in [6.07, 6.45) is 1.11. The van der Waals surface area contributed by atoms with E-state index in [1.165, 1.54) is 0 Å². The van der Waals surface area contributed by atoms with Crippen molar-refractivity contribution >= 4 is 23.1 Å². The molecule has 176 valence electrons. The standard InChI is InChI=1S/C31H30N2O2/c1-20-14-16-21(17-15-20)26-27-24(18-31(2,3)19-25(27)34)33(23-12-8-5-9-13-23)30(32)28(26)29(35)22-10-6-4-7-11-22/h4-17,26,32,35H,18-19H2,1-3H3/b29-28+,32-30?. The second kappa shape index (κ2) is 8.70. The fraction of sp³-hybridized carbons (Fsp3) is 0.226. The van der Waals surface area contributed by atoms with E-state index in [9.17, 15) is 15.3 Å². The SMILES string of the molecule is Cc1ccc(C2C3=C(CC(C)(C)CC3=O)N(c3ccccc3)C(=N)/C2=C(/O)c2ccccc2)cc1. The molecule has 3 aromatic carbocycles. The van der Waals surface area contributed by atoms with E-state index in [2.05, 4.69) is 13.8 Å². The smallest absolute Gasteiger partial charge is 0.162 e. The van der Waals surface area contributed by atoms with Gasteiger partial charge in [0.15, 0.2) is 5.78 Å². The Balaban J connectivity index is 1.85. The summed E-state index contributed by atoms with van der Waals surface area (Å²) in [4.78, 5) is 15.7. The number of aliphatic hydroxyl groups excluding tert-OH is 1. The molecule has 0 saturated heterocycles. The number of rotatable bonds is 3. The number of Topliss-reactive ketones (excluding diaryl/α,β-unsaturated/α-hetero) is 1. The van der Waals surface area contributed by atoms with Crippen molar-refractivity contribution in [3.05, 3.63) is 118 Å². The van der Waals surface area contributed by atoms with Crippen molar-refractivity contribution in [3.63, 3.8) is 0 Å². The summed E-state index contributed by atoms with van der Waals surface area (Å²) in [7, 11) is 0. The Morgan fingerprint density at radius 2 is 1.51 bits per heavy atom. The van der Waals surface area contributed by atoms with Crippen LogP contribution in [0.25, 0.3) is 5.76 Å². The zero-order valence-corrected chi connectivity index (χ0v) is 20.4. The lowest BCUT2D eigenvalue weighted by Crippen LogP contribution is -2.45. The summed E-state index contributed by atoms with van der Waals surface area (Å²) >= 11 is 0. The second-order valence-electron chi connectivity index (χ2n) is 10.3. The van der Waals surface area contributed by atoms with Crippen molar-refractivity contribution in [1.29, 1.82) is 5.41 Å². The predicted octanol–water partition coefficient (Wildman–Crippen LogP) is 7.19. The van der Waals surface area contributed by atoms with Crippen molar-refractivity contribution in [1.82, 2.24) is 0 Å². The van der Waals surface area contributed by atoms with Crippen LogP contribution in [0.15, 0.2) is 102 Å². The first kappa shape index (κ1) is 22.9. The Hall–Kier alpha value is -3.92. The van der Waals surface area contributed by atoms with Crippen LogP contribution in [-0.2, 0) is 4.79 Å². The molecule has 1 aliphatic heterocycles. The van der Waals surface area contributed by atoms with E-state index in [1.807, 2.05) is 96.8 Å². The normalized spacial score (nSPS) is 21.1. The summed E-state index contributed by atoms with van der Waals surface area (Å²) < 4.78 is 0. The number of benzene rings is 3. The Kier molecular flexibility index (Phi) is 5.68. The van der Waals surface area contributed by atoms with Crippen molar-refractivity contribution in [2.75, 3.05) is 4.90 Å². The number of hydrogen-bond acceptors (Lipinski definition) is 3. The Labute approximate surface area is 206 Å². The first-order valence-corrected chi connectivity index (χ1v) is 12.0. The van der Waals surface area contributed by atoms with Crippen LogP contribution in [-0.4, -0.2) is 16.7 Å². The number of nitrogens with zero attached hydrogens (tertiary/aromatic N) is 1. The number of nitrogens with one attached hydrogen (secondary N) is 1. The van der Waals surface area contributed by atoms with Gasteiger partial charge in [-0.15, -0.1) is 0 Å². The number of ketones is 1. The van der Waals surface area contributed by atoms with E-state index in [-0.39, 0.29) is 22.8 Å². The van der Waals surface area contributed by atoms with Gasteiger partial charge >= 0.3 is 0 Å². The van der Waals surface area contributed by atoms with Crippen LogP contribution < -0.4 is 4.90 Å². The second-order valence-corrected chi connectivity index (χ2v) is 10.3. The first-order chi connectivity index (χ1) is 16.8. The molecule has 0 spiro atoms. The first-order valence-electron chi connectivity index (χ1n) is 12.0. The van der Waals surface area contributed by atoms with E-state index < -0.39 is 5.92 Å².